The first-order valence-corrected chi connectivity index (χ1v) is 3.15. The van der Waals surface area contributed by atoms with Crippen LogP contribution < -0.4 is 5.59 Å². The molecule has 2 radical (unpaired) electrons. The van der Waals surface area contributed by atoms with Crippen molar-refractivity contribution in [3.63, 3.8) is 0 Å². The smallest absolute Gasteiger partial charge is 0.141 e. The standard InChI is InChI=1S/C7H4BFN2/c8-6-4-10-7-3-5(9)1-2-11(6)7/h1-4H. The predicted octanol–water partition coefficient (Wildman–Crippen LogP) is 0.267. The maximum absolute atomic E-state index is 12.6. The fourth-order valence-corrected chi connectivity index (χ4v) is 0.975. The number of hydrogen-bond donors (Lipinski definition) is 0. The first-order valence-electron chi connectivity index (χ1n) is 3.15. The van der Waals surface area contributed by atoms with Gasteiger partial charge in [0.05, 0.1) is 0 Å². The van der Waals surface area contributed by atoms with Crippen molar-refractivity contribution in [2.24, 2.45) is 0 Å². The lowest BCUT2D eigenvalue weighted by atomic mass is 10.1. The second-order valence-corrected chi connectivity index (χ2v) is 2.26. The zero-order chi connectivity index (χ0) is 7.84. The number of hydrogen-bond acceptors (Lipinski definition) is 1. The van der Waals surface area contributed by atoms with E-state index >= 15 is 0 Å². The molecular weight excluding hydrogens is 142 g/mol. The van der Waals surface area contributed by atoms with Crippen LogP contribution in [0.5, 0.6) is 0 Å². The Morgan fingerprint density at radius 1 is 1.55 bits per heavy atom. The van der Waals surface area contributed by atoms with Crippen molar-refractivity contribution in [3.8, 4) is 0 Å². The van der Waals surface area contributed by atoms with Crippen molar-refractivity contribution in [2.45, 2.75) is 0 Å². The molecule has 52 valence electrons. The molecule has 0 aromatic carbocycles. The Hall–Kier alpha value is -1.32. The molecule has 0 saturated heterocycles. The molecule has 0 amide bonds. The van der Waals surface area contributed by atoms with Gasteiger partial charge in [-0.25, -0.2) is 9.37 Å². The van der Waals surface area contributed by atoms with Crippen LogP contribution in [0, 0.1) is 5.82 Å². The van der Waals surface area contributed by atoms with Gasteiger partial charge in [0.15, 0.2) is 0 Å². The van der Waals surface area contributed by atoms with Crippen LogP contribution in [0.15, 0.2) is 24.5 Å². The van der Waals surface area contributed by atoms with E-state index in [1.165, 1.54) is 18.3 Å². The highest BCUT2D eigenvalue weighted by molar-refractivity contribution is 6.31. The van der Waals surface area contributed by atoms with Gasteiger partial charge in [-0.2, -0.15) is 0 Å². The number of aromatic nitrogens is 2. The van der Waals surface area contributed by atoms with E-state index in [0.29, 0.717) is 11.2 Å². The molecule has 0 bridgehead atoms. The van der Waals surface area contributed by atoms with E-state index in [9.17, 15) is 4.39 Å². The summed E-state index contributed by atoms with van der Waals surface area (Å²) in [6, 6.07) is 2.67. The Morgan fingerprint density at radius 3 is 3.18 bits per heavy atom. The number of pyridine rings is 1. The van der Waals surface area contributed by atoms with E-state index in [-0.39, 0.29) is 5.82 Å². The van der Waals surface area contributed by atoms with Gasteiger partial charge in [0.25, 0.3) is 0 Å². The van der Waals surface area contributed by atoms with Crippen molar-refractivity contribution in [1.82, 2.24) is 9.38 Å². The Kier molecular flexibility index (Phi) is 1.21. The lowest BCUT2D eigenvalue weighted by Crippen LogP contribution is -2.08. The average Bonchev–Trinajstić information content (AvgIpc) is 2.32. The SMILES string of the molecule is [B]c1cnc2cc(F)ccn12. The van der Waals surface area contributed by atoms with Crippen LogP contribution in [0.1, 0.15) is 0 Å². The van der Waals surface area contributed by atoms with Gasteiger partial charge in [-0.1, -0.05) is 0 Å². The van der Waals surface area contributed by atoms with Crippen molar-refractivity contribution < 1.29 is 4.39 Å². The Balaban J connectivity index is 2.86. The highest BCUT2D eigenvalue weighted by Gasteiger charge is 1.97. The topological polar surface area (TPSA) is 17.3 Å². The highest BCUT2D eigenvalue weighted by Crippen LogP contribution is 2.00. The van der Waals surface area contributed by atoms with E-state index in [4.69, 9.17) is 7.85 Å². The van der Waals surface area contributed by atoms with Crippen molar-refractivity contribution in [1.29, 1.82) is 0 Å². The summed E-state index contributed by atoms with van der Waals surface area (Å²) in [4.78, 5) is 3.88. The van der Waals surface area contributed by atoms with E-state index in [1.54, 1.807) is 10.6 Å². The van der Waals surface area contributed by atoms with Gasteiger partial charge in [-0.15, -0.1) is 0 Å². The maximum Gasteiger partial charge on any atom is 0.141 e. The summed E-state index contributed by atoms with van der Waals surface area (Å²) in [7, 11) is 5.50. The van der Waals surface area contributed by atoms with Crippen LogP contribution in [-0.2, 0) is 0 Å². The van der Waals surface area contributed by atoms with Gasteiger partial charge in [0.2, 0.25) is 0 Å². The quantitative estimate of drug-likeness (QED) is 0.487. The molecule has 0 atom stereocenters. The second kappa shape index (κ2) is 2.08. The molecule has 2 rings (SSSR count). The zero-order valence-corrected chi connectivity index (χ0v) is 5.66. The summed E-state index contributed by atoms with van der Waals surface area (Å²) in [6.07, 6.45) is 3.04. The minimum Gasteiger partial charge on any atom is -0.315 e. The van der Waals surface area contributed by atoms with Crippen LogP contribution in [0.2, 0.25) is 0 Å². The Labute approximate surface area is 64.1 Å². The fraction of sp³-hybridized carbons (Fsp3) is 0. The van der Waals surface area contributed by atoms with E-state index < -0.39 is 0 Å². The summed E-state index contributed by atoms with van der Waals surface area (Å²) in [5.41, 5.74) is 1.04. The minimum absolute atomic E-state index is 0.303. The Morgan fingerprint density at radius 2 is 2.36 bits per heavy atom. The number of rotatable bonds is 0. The lowest BCUT2D eigenvalue weighted by molar-refractivity contribution is 0.626. The monoisotopic (exact) mass is 146 g/mol. The largest absolute Gasteiger partial charge is 0.315 e. The normalized spacial score (nSPS) is 10.6. The predicted molar refractivity (Wildman–Crippen MR) is 40.5 cm³/mol. The molecule has 2 nitrogen and oxygen atoms in total. The second-order valence-electron chi connectivity index (χ2n) is 2.26. The van der Waals surface area contributed by atoms with Crippen LogP contribution in [-0.4, -0.2) is 17.2 Å². The summed E-state index contributed by atoms with van der Waals surface area (Å²) < 4.78 is 14.2. The molecule has 0 spiro atoms. The molecule has 11 heavy (non-hydrogen) atoms. The summed E-state index contributed by atoms with van der Waals surface area (Å²) in [6.45, 7) is 0. The summed E-state index contributed by atoms with van der Waals surface area (Å²) >= 11 is 0. The van der Waals surface area contributed by atoms with Crippen LogP contribution in [0.3, 0.4) is 0 Å². The fourth-order valence-electron chi connectivity index (χ4n) is 0.975. The first kappa shape index (κ1) is 6.40. The van der Waals surface area contributed by atoms with E-state index in [0.717, 1.165) is 0 Å². The van der Waals surface area contributed by atoms with E-state index in [1.807, 2.05) is 0 Å². The van der Waals surface area contributed by atoms with Crippen molar-refractivity contribution in [2.75, 3.05) is 0 Å². The lowest BCUT2D eigenvalue weighted by Gasteiger charge is -1.94. The molecule has 4 heteroatoms. The highest BCUT2D eigenvalue weighted by atomic mass is 19.1. The molecule has 0 N–H and O–H groups in total. The molecule has 2 aromatic heterocycles. The van der Waals surface area contributed by atoms with Crippen molar-refractivity contribution in [3.05, 3.63) is 30.3 Å². The van der Waals surface area contributed by atoms with Gasteiger partial charge >= 0.3 is 0 Å². The van der Waals surface area contributed by atoms with Gasteiger partial charge in [0.1, 0.15) is 19.3 Å². The van der Waals surface area contributed by atoms with Gasteiger partial charge in [-0.05, 0) is 11.7 Å². The average molecular weight is 146 g/mol. The maximum atomic E-state index is 12.6. The molecule has 0 unspecified atom stereocenters. The number of halogens is 1. The van der Waals surface area contributed by atoms with Crippen molar-refractivity contribution >= 4 is 19.1 Å². The third-order valence-corrected chi connectivity index (χ3v) is 1.50. The molecule has 0 aliphatic heterocycles. The first-order chi connectivity index (χ1) is 5.27. The molecule has 0 aliphatic rings. The van der Waals surface area contributed by atoms with Crippen LogP contribution in [0.4, 0.5) is 4.39 Å². The molecule has 0 saturated carbocycles. The molecule has 0 fully saturated rings. The third-order valence-electron chi connectivity index (χ3n) is 1.50. The molecule has 0 aliphatic carbocycles. The van der Waals surface area contributed by atoms with Crippen LogP contribution >= 0.6 is 0 Å². The minimum atomic E-state index is -0.303. The molecule has 2 heterocycles. The zero-order valence-electron chi connectivity index (χ0n) is 5.66. The van der Waals surface area contributed by atoms with Gasteiger partial charge in [0, 0.05) is 18.5 Å². The van der Waals surface area contributed by atoms with Gasteiger partial charge < -0.3 is 4.40 Å². The summed E-state index contributed by atoms with van der Waals surface area (Å²) in [5, 5.41) is 0. The van der Waals surface area contributed by atoms with Gasteiger partial charge in [-0.3, -0.25) is 0 Å². The summed E-state index contributed by atoms with van der Waals surface area (Å²) in [5.74, 6) is -0.303. The Bertz CT molecular complexity index is 396. The number of imidazole rings is 1. The number of fused-ring (bicyclic) bond motifs is 1. The third kappa shape index (κ3) is 0.907. The molecular formula is C7H4BFN2. The van der Waals surface area contributed by atoms with E-state index in [2.05, 4.69) is 4.98 Å². The number of nitrogens with zero attached hydrogens (tertiary/aromatic N) is 2. The van der Waals surface area contributed by atoms with Crippen LogP contribution in [0.25, 0.3) is 5.65 Å². The molecule has 2 aromatic rings.